The predicted molar refractivity (Wildman–Crippen MR) is 113 cm³/mol. The number of nitrogens with one attached hydrogen (secondary N) is 1. The molecule has 1 aliphatic heterocycles. The highest BCUT2D eigenvalue weighted by molar-refractivity contribution is 7.89. The molecule has 1 aliphatic rings. The molecule has 1 fully saturated rings. The van der Waals surface area contributed by atoms with Crippen molar-refractivity contribution in [3.63, 3.8) is 0 Å². The fraction of sp³-hybridized carbons (Fsp3) is 0.333. The van der Waals surface area contributed by atoms with Gasteiger partial charge in [-0.05, 0) is 49.8 Å². The number of benzene rings is 2. The van der Waals surface area contributed by atoms with E-state index in [9.17, 15) is 18.0 Å². The van der Waals surface area contributed by atoms with Gasteiger partial charge in [0.15, 0.2) is 0 Å². The van der Waals surface area contributed by atoms with E-state index in [1.54, 1.807) is 30.3 Å². The van der Waals surface area contributed by atoms with Crippen LogP contribution >= 0.6 is 0 Å². The maximum Gasteiger partial charge on any atom is 0.345 e. The van der Waals surface area contributed by atoms with Gasteiger partial charge in [0, 0.05) is 6.54 Å². The summed E-state index contributed by atoms with van der Waals surface area (Å²) in [5.74, 6) is -1.32. The molecule has 0 aromatic heterocycles. The third-order valence-electron chi connectivity index (χ3n) is 4.65. The van der Waals surface area contributed by atoms with E-state index in [0.717, 1.165) is 19.6 Å². The molecule has 1 heterocycles. The van der Waals surface area contributed by atoms with Crippen molar-refractivity contribution in [2.45, 2.75) is 23.9 Å². The van der Waals surface area contributed by atoms with E-state index < -0.39 is 34.5 Å². The largest absolute Gasteiger partial charge is 0.492 e. The van der Waals surface area contributed by atoms with Crippen molar-refractivity contribution in [2.24, 2.45) is 5.73 Å². The van der Waals surface area contributed by atoms with Gasteiger partial charge in [-0.3, -0.25) is 9.69 Å². The number of carbonyl (C=O) groups excluding carboxylic acids is 2. The number of carbonyl (C=O) groups is 2. The van der Waals surface area contributed by atoms with Crippen molar-refractivity contribution in [3.05, 3.63) is 60.2 Å². The molecule has 31 heavy (non-hydrogen) atoms. The minimum atomic E-state index is -3.89. The summed E-state index contributed by atoms with van der Waals surface area (Å²) in [4.78, 5) is 26.6. The number of sulfonamides is 1. The Morgan fingerprint density at radius 1 is 1.10 bits per heavy atom. The van der Waals surface area contributed by atoms with Gasteiger partial charge in [-0.25, -0.2) is 13.2 Å². The van der Waals surface area contributed by atoms with Crippen LogP contribution in [0.5, 0.6) is 5.75 Å². The monoisotopic (exact) mass is 447 g/mol. The van der Waals surface area contributed by atoms with E-state index in [1.807, 2.05) is 0 Å². The van der Waals surface area contributed by atoms with Crippen LogP contribution in [0.15, 0.2) is 59.5 Å². The van der Waals surface area contributed by atoms with Crippen molar-refractivity contribution in [1.29, 1.82) is 0 Å². The predicted octanol–water partition coefficient (Wildman–Crippen LogP) is 1.11. The normalized spacial score (nSPS) is 15.0. The van der Waals surface area contributed by atoms with Gasteiger partial charge < -0.3 is 15.2 Å². The summed E-state index contributed by atoms with van der Waals surface area (Å²) in [6, 6.07) is 13.9. The van der Waals surface area contributed by atoms with Gasteiger partial charge >= 0.3 is 11.9 Å². The lowest BCUT2D eigenvalue weighted by atomic mass is 10.2. The maximum absolute atomic E-state index is 12.2. The summed E-state index contributed by atoms with van der Waals surface area (Å²) in [7, 11) is -3.89. The smallest absolute Gasteiger partial charge is 0.345 e. The molecule has 1 saturated heterocycles. The Morgan fingerprint density at radius 2 is 1.84 bits per heavy atom. The third-order valence-corrected chi connectivity index (χ3v) is 6.15. The number of rotatable bonds is 10. The van der Waals surface area contributed by atoms with Crippen LogP contribution in [0.4, 0.5) is 0 Å². The summed E-state index contributed by atoms with van der Waals surface area (Å²) in [6.45, 7) is 3.45. The van der Waals surface area contributed by atoms with Crippen LogP contribution < -0.4 is 15.2 Å². The zero-order valence-corrected chi connectivity index (χ0v) is 17.7. The topological polar surface area (TPSA) is 128 Å². The minimum Gasteiger partial charge on any atom is -0.492 e. The van der Waals surface area contributed by atoms with E-state index in [-0.39, 0.29) is 10.5 Å². The minimum absolute atomic E-state index is 0.0146. The molecule has 10 heteroatoms. The Bertz CT molecular complexity index is 1010. The number of likely N-dealkylation sites (tertiary alicyclic amines) is 1. The third kappa shape index (κ3) is 6.86. The van der Waals surface area contributed by atoms with E-state index in [4.69, 9.17) is 15.2 Å². The van der Waals surface area contributed by atoms with Gasteiger partial charge in [-0.2, -0.15) is 4.72 Å². The van der Waals surface area contributed by atoms with Crippen molar-refractivity contribution in [2.75, 3.05) is 26.2 Å². The molecule has 0 saturated carbocycles. The lowest BCUT2D eigenvalue weighted by molar-refractivity contribution is -0.138. The fourth-order valence-corrected chi connectivity index (χ4v) is 4.04. The Morgan fingerprint density at radius 3 is 2.52 bits per heavy atom. The quantitative estimate of drug-likeness (QED) is 0.315. The summed E-state index contributed by atoms with van der Waals surface area (Å²) in [5.41, 5.74) is 5.85. The molecule has 2 aromatic carbocycles. The fourth-order valence-electron chi connectivity index (χ4n) is 2.90. The molecule has 0 aliphatic carbocycles. The molecule has 0 spiro atoms. The lowest BCUT2D eigenvalue weighted by Gasteiger charge is -2.30. The summed E-state index contributed by atoms with van der Waals surface area (Å²) in [5, 5.41) is 0. The number of nitrogens with zero attached hydrogens (tertiary/aromatic N) is 1. The molecular weight excluding hydrogens is 422 g/mol. The van der Waals surface area contributed by atoms with Gasteiger partial charge in [-0.15, -0.1) is 0 Å². The van der Waals surface area contributed by atoms with Gasteiger partial charge in [0.25, 0.3) is 0 Å². The molecule has 0 amide bonds. The number of esters is 2. The van der Waals surface area contributed by atoms with Crippen LogP contribution in [0.25, 0.3) is 0 Å². The van der Waals surface area contributed by atoms with Crippen LogP contribution in [0.3, 0.4) is 0 Å². The Kier molecular flexibility index (Phi) is 7.75. The average Bonchev–Trinajstić information content (AvgIpc) is 2.70. The summed E-state index contributed by atoms with van der Waals surface area (Å²) in [6.07, 6.45) is -0.557. The first-order chi connectivity index (χ1) is 14.8. The summed E-state index contributed by atoms with van der Waals surface area (Å²) >= 11 is 0. The molecule has 3 N–H and O–H groups in total. The molecule has 0 unspecified atom stereocenters. The number of nitrogens with two attached hydrogens (primary N) is 1. The van der Waals surface area contributed by atoms with Crippen LogP contribution in [0.1, 0.15) is 23.2 Å². The van der Waals surface area contributed by atoms with Gasteiger partial charge in [-0.1, -0.05) is 24.3 Å². The SMILES string of the molecule is N[C@H](CC(=O)OC(=O)c1cccc(OCCN2CCC2)c1)NS(=O)(=O)c1ccccc1. The van der Waals surface area contributed by atoms with Crippen LogP contribution in [0.2, 0.25) is 0 Å². The first kappa shape index (κ1) is 22.9. The van der Waals surface area contributed by atoms with Crippen molar-refractivity contribution < 1.29 is 27.5 Å². The van der Waals surface area contributed by atoms with Crippen LogP contribution in [-0.4, -0.2) is 57.7 Å². The van der Waals surface area contributed by atoms with Crippen molar-refractivity contribution in [1.82, 2.24) is 9.62 Å². The number of hydrogen-bond donors (Lipinski definition) is 2. The van der Waals surface area contributed by atoms with Gasteiger partial charge in [0.05, 0.1) is 23.0 Å². The highest BCUT2D eigenvalue weighted by Crippen LogP contribution is 2.15. The Balaban J connectivity index is 1.48. The standard InChI is InChI=1S/C21H25N3O6S/c22-19(23-31(27,28)18-8-2-1-3-9-18)15-20(25)30-21(26)16-6-4-7-17(14-16)29-13-12-24-10-5-11-24/h1-4,6-9,14,19,23H,5,10-13,15,22H2/t19-/m0/s1. The second-order valence-corrected chi connectivity index (χ2v) is 8.79. The van der Waals surface area contributed by atoms with E-state index in [0.29, 0.717) is 12.4 Å². The highest BCUT2D eigenvalue weighted by Gasteiger charge is 2.22. The van der Waals surface area contributed by atoms with Crippen LogP contribution in [0, 0.1) is 0 Å². The molecule has 166 valence electrons. The average molecular weight is 448 g/mol. The van der Waals surface area contributed by atoms with Gasteiger partial charge in [0.2, 0.25) is 10.0 Å². The maximum atomic E-state index is 12.2. The second kappa shape index (κ2) is 10.5. The molecular formula is C21H25N3O6S. The number of ether oxygens (including phenoxy) is 2. The lowest BCUT2D eigenvalue weighted by Crippen LogP contribution is -2.43. The van der Waals surface area contributed by atoms with E-state index in [1.165, 1.54) is 30.7 Å². The summed E-state index contributed by atoms with van der Waals surface area (Å²) < 4.78 is 37.1. The molecule has 3 rings (SSSR count). The first-order valence-electron chi connectivity index (χ1n) is 9.87. The molecule has 0 radical (unpaired) electrons. The highest BCUT2D eigenvalue weighted by atomic mass is 32.2. The van der Waals surface area contributed by atoms with Crippen molar-refractivity contribution >= 4 is 22.0 Å². The van der Waals surface area contributed by atoms with Gasteiger partial charge in [0.1, 0.15) is 12.4 Å². The molecule has 1 atom stereocenters. The Hall–Kier alpha value is -2.79. The Labute approximate surface area is 181 Å². The zero-order chi connectivity index (χ0) is 22.3. The molecule has 9 nitrogen and oxygen atoms in total. The van der Waals surface area contributed by atoms with Crippen molar-refractivity contribution in [3.8, 4) is 5.75 Å². The number of hydrogen-bond acceptors (Lipinski definition) is 8. The van der Waals surface area contributed by atoms with E-state index >= 15 is 0 Å². The van der Waals surface area contributed by atoms with E-state index in [2.05, 4.69) is 9.62 Å². The molecule has 0 bridgehead atoms. The first-order valence-corrected chi connectivity index (χ1v) is 11.3. The van der Waals surface area contributed by atoms with Crippen LogP contribution in [-0.2, 0) is 19.6 Å². The zero-order valence-electron chi connectivity index (χ0n) is 16.9. The second-order valence-electron chi connectivity index (χ2n) is 7.08. The molecule has 2 aromatic rings.